The third kappa shape index (κ3) is 4.40. The topological polar surface area (TPSA) is 41.8 Å². The van der Waals surface area contributed by atoms with Crippen molar-refractivity contribution in [3.63, 3.8) is 0 Å². The maximum atomic E-state index is 11.9. The minimum Gasteiger partial charge on any atom is -0.505 e. The summed E-state index contributed by atoms with van der Waals surface area (Å²) in [6.45, 7) is 1.66. The van der Waals surface area contributed by atoms with Crippen molar-refractivity contribution in [3.8, 4) is 5.75 Å². The minimum absolute atomic E-state index is 0.174. The molecule has 98 valence electrons. The molecule has 0 saturated carbocycles. The van der Waals surface area contributed by atoms with Crippen molar-refractivity contribution in [3.05, 3.63) is 34.4 Å². The molecule has 3 nitrogen and oxygen atoms in total. The zero-order valence-corrected chi connectivity index (χ0v) is 10.8. The lowest BCUT2D eigenvalue weighted by atomic mass is 10.2. The molecule has 0 heterocycles. The smallest absolute Gasteiger partial charge is 0.505 e. The highest BCUT2D eigenvalue weighted by atomic mass is 79.9. The van der Waals surface area contributed by atoms with Crippen LogP contribution in [0.25, 0.3) is 5.76 Å². The maximum Gasteiger partial charge on any atom is 0.573 e. The van der Waals surface area contributed by atoms with E-state index in [0.717, 1.165) is 12.1 Å². The normalized spacial score (nSPS) is 13.6. The standard InChI is InChI=1S/C11H9BrF3NO2/c1-2-16-10(12)9(17)7-3-5-8(6-4-7)18-11(13,14)15/h2-6,17H,1H3/b10-9-,16-2+. The molecule has 0 atom stereocenters. The summed E-state index contributed by atoms with van der Waals surface area (Å²) >= 11 is 3.03. The highest BCUT2D eigenvalue weighted by Gasteiger charge is 2.30. The Kier molecular flexibility index (Phi) is 4.77. The Balaban J connectivity index is 2.93. The molecule has 0 aliphatic rings. The molecule has 1 rings (SSSR count). The molecule has 0 aliphatic carbocycles. The third-order valence-electron chi connectivity index (χ3n) is 1.80. The first-order valence-electron chi connectivity index (χ1n) is 4.77. The number of alkyl halides is 3. The van der Waals surface area contributed by atoms with Gasteiger partial charge in [-0.2, -0.15) is 0 Å². The number of hydrogen-bond donors (Lipinski definition) is 1. The summed E-state index contributed by atoms with van der Waals surface area (Å²) in [6.07, 6.45) is -3.27. The van der Waals surface area contributed by atoms with Gasteiger partial charge in [0.1, 0.15) is 10.4 Å². The van der Waals surface area contributed by atoms with Gasteiger partial charge in [-0.05, 0) is 47.1 Å². The summed E-state index contributed by atoms with van der Waals surface area (Å²) in [5.74, 6) is -0.527. The third-order valence-corrected chi connectivity index (χ3v) is 2.38. The number of nitrogens with zero attached hydrogens (tertiary/aromatic N) is 1. The number of ether oxygens (including phenoxy) is 1. The van der Waals surface area contributed by atoms with Crippen molar-refractivity contribution in [2.45, 2.75) is 13.3 Å². The van der Waals surface area contributed by atoms with E-state index in [1.54, 1.807) is 6.92 Å². The number of aliphatic hydroxyl groups excluding tert-OH is 1. The SMILES string of the molecule is C/C=N/C(Br)=C(\O)c1ccc(OC(F)(F)F)cc1. The Morgan fingerprint density at radius 3 is 2.33 bits per heavy atom. The zero-order valence-electron chi connectivity index (χ0n) is 9.20. The van der Waals surface area contributed by atoms with E-state index in [4.69, 9.17) is 0 Å². The van der Waals surface area contributed by atoms with E-state index in [9.17, 15) is 18.3 Å². The molecule has 7 heteroatoms. The Bertz CT molecular complexity index is 466. The lowest BCUT2D eigenvalue weighted by molar-refractivity contribution is -0.274. The summed E-state index contributed by atoms with van der Waals surface area (Å²) < 4.78 is 39.7. The molecule has 0 spiro atoms. The van der Waals surface area contributed by atoms with Crippen molar-refractivity contribution >= 4 is 27.9 Å². The molecular weight excluding hydrogens is 315 g/mol. The highest BCUT2D eigenvalue weighted by molar-refractivity contribution is 9.11. The average Bonchev–Trinajstić information content (AvgIpc) is 2.27. The molecular formula is C11H9BrF3NO2. The van der Waals surface area contributed by atoms with Gasteiger partial charge in [-0.25, -0.2) is 0 Å². The Hall–Kier alpha value is -1.50. The number of rotatable bonds is 3. The summed E-state index contributed by atoms with van der Waals surface area (Å²) in [7, 11) is 0. The van der Waals surface area contributed by atoms with Crippen molar-refractivity contribution < 1.29 is 23.0 Å². The van der Waals surface area contributed by atoms with Gasteiger partial charge >= 0.3 is 6.36 Å². The van der Waals surface area contributed by atoms with Gasteiger partial charge in [0.25, 0.3) is 0 Å². The van der Waals surface area contributed by atoms with Crippen molar-refractivity contribution in [2.24, 2.45) is 4.99 Å². The van der Waals surface area contributed by atoms with Gasteiger partial charge in [0.05, 0.1) is 0 Å². The van der Waals surface area contributed by atoms with E-state index in [2.05, 4.69) is 25.7 Å². The maximum absolute atomic E-state index is 11.9. The van der Waals surface area contributed by atoms with E-state index in [0.29, 0.717) is 5.56 Å². The second kappa shape index (κ2) is 5.90. The van der Waals surface area contributed by atoms with Gasteiger partial charge in [-0.1, -0.05) is 0 Å². The molecule has 0 aromatic heterocycles. The zero-order chi connectivity index (χ0) is 13.8. The van der Waals surface area contributed by atoms with Crippen LogP contribution in [0, 0.1) is 0 Å². The van der Waals surface area contributed by atoms with Gasteiger partial charge in [-0.3, -0.25) is 4.99 Å². The van der Waals surface area contributed by atoms with E-state index >= 15 is 0 Å². The first-order valence-corrected chi connectivity index (χ1v) is 5.56. The number of hydrogen-bond acceptors (Lipinski definition) is 3. The fourth-order valence-electron chi connectivity index (χ4n) is 1.11. The van der Waals surface area contributed by atoms with E-state index < -0.39 is 6.36 Å². The number of benzene rings is 1. The fourth-order valence-corrected chi connectivity index (χ4v) is 1.54. The molecule has 0 fully saturated rings. The predicted molar refractivity (Wildman–Crippen MR) is 65.8 cm³/mol. The van der Waals surface area contributed by atoms with Crippen LogP contribution in [0.2, 0.25) is 0 Å². The molecule has 0 amide bonds. The quantitative estimate of drug-likeness (QED) is 0.513. The Morgan fingerprint density at radius 2 is 1.89 bits per heavy atom. The second-order valence-corrected chi connectivity index (χ2v) is 3.85. The van der Waals surface area contributed by atoms with Crippen LogP contribution < -0.4 is 4.74 Å². The van der Waals surface area contributed by atoms with Crippen LogP contribution in [0.5, 0.6) is 5.75 Å². The average molecular weight is 324 g/mol. The molecule has 1 N–H and O–H groups in total. The van der Waals surface area contributed by atoms with Crippen molar-refractivity contribution in [1.82, 2.24) is 0 Å². The molecule has 1 aromatic carbocycles. The number of halogens is 4. The predicted octanol–water partition coefficient (Wildman–Crippen LogP) is 4.25. The summed E-state index contributed by atoms with van der Waals surface area (Å²) in [5.41, 5.74) is 0.321. The largest absolute Gasteiger partial charge is 0.573 e. The Labute approximate surface area is 110 Å². The summed E-state index contributed by atoms with van der Waals surface area (Å²) in [5, 5.41) is 9.70. The lowest BCUT2D eigenvalue weighted by Crippen LogP contribution is -2.17. The van der Waals surface area contributed by atoms with Crippen molar-refractivity contribution in [1.29, 1.82) is 0 Å². The molecule has 0 saturated heterocycles. The fraction of sp³-hybridized carbons (Fsp3) is 0.182. The van der Waals surface area contributed by atoms with Gasteiger partial charge in [-0.15, -0.1) is 13.2 Å². The van der Waals surface area contributed by atoms with Crippen LogP contribution in [-0.4, -0.2) is 17.7 Å². The number of aliphatic imine (C=N–C) groups is 1. The van der Waals surface area contributed by atoms with Gasteiger partial charge in [0.15, 0.2) is 5.76 Å². The molecule has 0 aliphatic heterocycles. The van der Waals surface area contributed by atoms with Gasteiger partial charge in [0.2, 0.25) is 0 Å². The minimum atomic E-state index is -4.73. The molecule has 0 radical (unpaired) electrons. The lowest BCUT2D eigenvalue weighted by Gasteiger charge is -2.09. The van der Waals surface area contributed by atoms with Crippen LogP contribution in [0.4, 0.5) is 13.2 Å². The van der Waals surface area contributed by atoms with Crippen LogP contribution in [0.3, 0.4) is 0 Å². The van der Waals surface area contributed by atoms with Gasteiger partial charge in [0, 0.05) is 11.8 Å². The summed E-state index contributed by atoms with van der Waals surface area (Å²) in [6, 6.07) is 4.80. The number of aliphatic hydroxyl groups is 1. The van der Waals surface area contributed by atoms with Crippen molar-refractivity contribution in [2.75, 3.05) is 0 Å². The van der Waals surface area contributed by atoms with E-state index in [1.807, 2.05) is 0 Å². The van der Waals surface area contributed by atoms with Gasteiger partial charge < -0.3 is 9.84 Å². The highest BCUT2D eigenvalue weighted by Crippen LogP contribution is 2.26. The molecule has 18 heavy (non-hydrogen) atoms. The molecule has 0 bridgehead atoms. The summed E-state index contributed by atoms with van der Waals surface area (Å²) in [4.78, 5) is 3.79. The first-order chi connectivity index (χ1) is 8.33. The van der Waals surface area contributed by atoms with E-state index in [1.165, 1.54) is 18.3 Å². The van der Waals surface area contributed by atoms with Crippen LogP contribution in [0.15, 0.2) is 33.9 Å². The molecule has 1 aromatic rings. The van der Waals surface area contributed by atoms with E-state index in [-0.39, 0.29) is 16.1 Å². The van der Waals surface area contributed by atoms with Crippen LogP contribution in [0.1, 0.15) is 12.5 Å². The molecule has 0 unspecified atom stereocenters. The van der Waals surface area contributed by atoms with Crippen LogP contribution >= 0.6 is 15.9 Å². The first kappa shape index (κ1) is 14.6. The Morgan fingerprint density at radius 1 is 1.33 bits per heavy atom. The monoisotopic (exact) mass is 323 g/mol. The second-order valence-electron chi connectivity index (χ2n) is 3.10. The van der Waals surface area contributed by atoms with Crippen LogP contribution in [-0.2, 0) is 0 Å².